The fourth-order valence-corrected chi connectivity index (χ4v) is 1.89. The molecule has 6 heteroatoms. The molecule has 4 nitrogen and oxygen atoms in total. The predicted molar refractivity (Wildman–Crippen MR) is 74.4 cm³/mol. The summed E-state index contributed by atoms with van der Waals surface area (Å²) in [6.45, 7) is 1.83. The first-order valence-corrected chi connectivity index (χ1v) is 6.37. The summed E-state index contributed by atoms with van der Waals surface area (Å²) in [4.78, 5) is 20.1. The summed E-state index contributed by atoms with van der Waals surface area (Å²) in [5.74, 6) is -0.384. The standard InChI is InChI=1S/C13H11Cl2N3O/c1-8(10-4-2-3-7-16-10)17-13(19)12-9(14)5-6-11(15)18-12/h2-8H,1H3,(H,17,19)/t8-/m1/s1. The van der Waals surface area contributed by atoms with Crippen molar-refractivity contribution < 1.29 is 4.79 Å². The molecule has 0 spiro atoms. The number of hydrogen-bond acceptors (Lipinski definition) is 3. The van der Waals surface area contributed by atoms with Crippen molar-refractivity contribution in [1.29, 1.82) is 0 Å². The van der Waals surface area contributed by atoms with Gasteiger partial charge in [-0.2, -0.15) is 0 Å². The second-order valence-electron chi connectivity index (χ2n) is 3.91. The molecule has 2 aromatic heterocycles. The summed E-state index contributed by atoms with van der Waals surface area (Å²) in [6.07, 6.45) is 1.67. The summed E-state index contributed by atoms with van der Waals surface area (Å²) >= 11 is 11.7. The molecule has 0 saturated heterocycles. The third-order valence-corrected chi connectivity index (χ3v) is 3.02. The summed E-state index contributed by atoms with van der Waals surface area (Å²) < 4.78 is 0. The Morgan fingerprint density at radius 2 is 2.05 bits per heavy atom. The summed E-state index contributed by atoms with van der Waals surface area (Å²) in [5, 5.41) is 3.26. The van der Waals surface area contributed by atoms with E-state index in [1.54, 1.807) is 6.20 Å². The Bertz CT molecular complexity index is 590. The molecule has 0 fully saturated rings. The van der Waals surface area contributed by atoms with Crippen LogP contribution in [-0.2, 0) is 0 Å². The minimum absolute atomic E-state index is 0.108. The molecule has 19 heavy (non-hydrogen) atoms. The Hall–Kier alpha value is -1.65. The summed E-state index contributed by atoms with van der Waals surface area (Å²) in [5.41, 5.74) is 0.867. The summed E-state index contributed by atoms with van der Waals surface area (Å²) in [7, 11) is 0. The monoisotopic (exact) mass is 295 g/mol. The Labute approximate surface area is 120 Å². The number of carbonyl (C=O) groups excluding carboxylic acids is 1. The van der Waals surface area contributed by atoms with Gasteiger partial charge in [0.15, 0.2) is 0 Å². The molecular formula is C13H11Cl2N3O. The fraction of sp³-hybridized carbons (Fsp3) is 0.154. The lowest BCUT2D eigenvalue weighted by Gasteiger charge is -2.13. The van der Waals surface area contributed by atoms with Crippen LogP contribution in [0.1, 0.15) is 29.1 Å². The van der Waals surface area contributed by atoms with Crippen LogP contribution < -0.4 is 5.32 Å². The Balaban J connectivity index is 2.15. The smallest absolute Gasteiger partial charge is 0.272 e. The maximum atomic E-state index is 12.1. The molecule has 0 saturated carbocycles. The molecule has 0 bridgehead atoms. The van der Waals surface area contributed by atoms with E-state index in [0.29, 0.717) is 0 Å². The molecule has 0 aliphatic carbocycles. The predicted octanol–water partition coefficient (Wildman–Crippen LogP) is 3.27. The number of amides is 1. The highest BCUT2D eigenvalue weighted by atomic mass is 35.5. The lowest BCUT2D eigenvalue weighted by atomic mass is 10.2. The van der Waals surface area contributed by atoms with Gasteiger partial charge in [-0.1, -0.05) is 29.3 Å². The molecule has 2 rings (SSSR count). The van der Waals surface area contributed by atoms with Gasteiger partial charge in [0, 0.05) is 6.20 Å². The van der Waals surface area contributed by atoms with Crippen LogP contribution in [0.15, 0.2) is 36.5 Å². The molecule has 0 aliphatic rings. The second kappa shape index (κ2) is 5.99. The third kappa shape index (κ3) is 3.43. The minimum Gasteiger partial charge on any atom is -0.343 e. The highest BCUT2D eigenvalue weighted by Gasteiger charge is 2.16. The van der Waals surface area contributed by atoms with Gasteiger partial charge in [-0.3, -0.25) is 9.78 Å². The lowest BCUT2D eigenvalue weighted by Crippen LogP contribution is -2.28. The van der Waals surface area contributed by atoms with E-state index in [1.165, 1.54) is 12.1 Å². The number of nitrogens with zero attached hydrogens (tertiary/aromatic N) is 2. The molecule has 1 N–H and O–H groups in total. The average molecular weight is 296 g/mol. The largest absolute Gasteiger partial charge is 0.343 e. The number of pyridine rings is 2. The summed E-state index contributed by atoms with van der Waals surface area (Å²) in [6, 6.07) is 8.33. The van der Waals surface area contributed by atoms with Crippen LogP contribution in [-0.4, -0.2) is 15.9 Å². The fourth-order valence-electron chi connectivity index (χ4n) is 1.55. The minimum atomic E-state index is -0.384. The molecular weight excluding hydrogens is 285 g/mol. The van der Waals surface area contributed by atoms with Gasteiger partial charge in [0.1, 0.15) is 10.8 Å². The van der Waals surface area contributed by atoms with Gasteiger partial charge in [-0.15, -0.1) is 0 Å². The maximum absolute atomic E-state index is 12.1. The van der Waals surface area contributed by atoms with Gasteiger partial charge < -0.3 is 5.32 Å². The number of halogens is 2. The van der Waals surface area contributed by atoms with Crippen LogP contribution in [0.25, 0.3) is 0 Å². The van der Waals surface area contributed by atoms with Crippen molar-refractivity contribution in [3.8, 4) is 0 Å². The van der Waals surface area contributed by atoms with Crippen LogP contribution in [0.4, 0.5) is 0 Å². The van der Waals surface area contributed by atoms with Gasteiger partial charge in [0.05, 0.1) is 16.8 Å². The van der Waals surface area contributed by atoms with Gasteiger partial charge in [-0.25, -0.2) is 4.98 Å². The van der Waals surface area contributed by atoms with E-state index in [-0.39, 0.29) is 27.8 Å². The normalized spacial score (nSPS) is 11.9. The maximum Gasteiger partial charge on any atom is 0.272 e. The van der Waals surface area contributed by atoms with Crippen molar-refractivity contribution in [1.82, 2.24) is 15.3 Å². The van der Waals surface area contributed by atoms with Crippen LogP contribution >= 0.6 is 23.2 Å². The van der Waals surface area contributed by atoms with Gasteiger partial charge in [-0.05, 0) is 31.2 Å². The van der Waals surface area contributed by atoms with Crippen molar-refractivity contribution in [2.24, 2.45) is 0 Å². The number of rotatable bonds is 3. The molecule has 1 atom stereocenters. The number of hydrogen-bond donors (Lipinski definition) is 1. The van der Waals surface area contributed by atoms with Crippen molar-refractivity contribution in [3.05, 3.63) is 58.1 Å². The average Bonchev–Trinajstić information content (AvgIpc) is 2.42. The molecule has 2 aromatic rings. The number of carbonyl (C=O) groups is 1. The van der Waals surface area contributed by atoms with Crippen molar-refractivity contribution in [2.75, 3.05) is 0 Å². The van der Waals surface area contributed by atoms with Gasteiger partial charge in [0.25, 0.3) is 5.91 Å². The first-order valence-electron chi connectivity index (χ1n) is 5.62. The molecule has 2 heterocycles. The van der Waals surface area contributed by atoms with Crippen LogP contribution in [0.2, 0.25) is 10.2 Å². The van der Waals surface area contributed by atoms with E-state index in [2.05, 4.69) is 15.3 Å². The molecule has 0 aliphatic heterocycles. The SMILES string of the molecule is C[C@@H](NC(=O)c1nc(Cl)ccc1Cl)c1ccccn1. The number of nitrogens with one attached hydrogen (secondary N) is 1. The van der Waals surface area contributed by atoms with Crippen LogP contribution in [0, 0.1) is 0 Å². The van der Waals surface area contributed by atoms with Gasteiger partial charge in [0.2, 0.25) is 0 Å². The zero-order chi connectivity index (χ0) is 13.8. The highest BCUT2D eigenvalue weighted by Crippen LogP contribution is 2.18. The van der Waals surface area contributed by atoms with E-state index >= 15 is 0 Å². The van der Waals surface area contributed by atoms with Crippen molar-refractivity contribution in [3.63, 3.8) is 0 Å². The Kier molecular flexibility index (Phi) is 4.35. The molecule has 1 amide bonds. The molecule has 0 aromatic carbocycles. The highest BCUT2D eigenvalue weighted by molar-refractivity contribution is 6.34. The van der Waals surface area contributed by atoms with E-state index in [1.807, 2.05) is 25.1 Å². The first-order chi connectivity index (χ1) is 9.08. The topological polar surface area (TPSA) is 54.9 Å². The molecule has 0 unspecified atom stereocenters. The lowest BCUT2D eigenvalue weighted by molar-refractivity contribution is 0.0934. The molecule has 0 radical (unpaired) electrons. The Morgan fingerprint density at radius 3 is 2.74 bits per heavy atom. The quantitative estimate of drug-likeness (QED) is 0.884. The van der Waals surface area contributed by atoms with E-state index in [9.17, 15) is 4.79 Å². The third-order valence-electron chi connectivity index (χ3n) is 2.51. The van der Waals surface area contributed by atoms with Crippen LogP contribution in [0.3, 0.4) is 0 Å². The second-order valence-corrected chi connectivity index (χ2v) is 4.71. The zero-order valence-electron chi connectivity index (χ0n) is 10.1. The van der Waals surface area contributed by atoms with E-state index in [0.717, 1.165) is 5.69 Å². The van der Waals surface area contributed by atoms with Crippen molar-refractivity contribution >= 4 is 29.1 Å². The first kappa shape index (κ1) is 13.8. The molecule has 98 valence electrons. The van der Waals surface area contributed by atoms with E-state index in [4.69, 9.17) is 23.2 Å². The van der Waals surface area contributed by atoms with E-state index < -0.39 is 0 Å². The van der Waals surface area contributed by atoms with Crippen molar-refractivity contribution in [2.45, 2.75) is 13.0 Å². The zero-order valence-corrected chi connectivity index (χ0v) is 11.6. The van der Waals surface area contributed by atoms with Crippen LogP contribution in [0.5, 0.6) is 0 Å². The Morgan fingerprint density at radius 1 is 1.26 bits per heavy atom. The number of aromatic nitrogens is 2. The van der Waals surface area contributed by atoms with Gasteiger partial charge >= 0.3 is 0 Å².